The lowest BCUT2D eigenvalue weighted by molar-refractivity contribution is 0.0910. The third-order valence-corrected chi connectivity index (χ3v) is 8.11. The first-order valence-corrected chi connectivity index (χ1v) is 12.6. The molecule has 1 saturated carbocycles. The minimum Gasteiger partial charge on any atom is -0.384 e. The first kappa shape index (κ1) is 25.7. The molecule has 1 aromatic heterocycles. The zero-order valence-electron chi connectivity index (χ0n) is 15.7. The topological polar surface area (TPSA) is 219 Å². The van der Waals surface area contributed by atoms with E-state index in [0.29, 0.717) is 5.69 Å². The molecule has 0 saturated heterocycles. The maximum Gasteiger partial charge on any atom is 0.490 e. The molecular weight excluding hydrogens is 483 g/mol. The van der Waals surface area contributed by atoms with E-state index in [9.17, 15) is 33.4 Å². The van der Waals surface area contributed by atoms with Crippen LogP contribution in [0.3, 0.4) is 0 Å². The van der Waals surface area contributed by atoms with Crippen LogP contribution in [0, 0.1) is 13.5 Å². The smallest absolute Gasteiger partial charge is 0.384 e. The molecule has 0 spiro atoms. The SMILES string of the molecule is [C-]#[N+][C@]1(COP(=O)(O)OP(=O)(O)OP(=O)(O)O)C(=C)[C@@H](n2ccc(C)nc2=O)C[C@@H]1O. The summed E-state index contributed by atoms with van der Waals surface area (Å²) in [6, 6.07) is 0.583. The van der Waals surface area contributed by atoms with E-state index < -0.39 is 53.4 Å². The summed E-state index contributed by atoms with van der Waals surface area (Å²) >= 11 is 0. The van der Waals surface area contributed by atoms with Crippen LogP contribution in [-0.4, -0.2) is 52.5 Å². The number of aliphatic hydroxyl groups excluding tert-OH is 1. The van der Waals surface area contributed by atoms with Gasteiger partial charge < -0.3 is 24.7 Å². The van der Waals surface area contributed by atoms with Crippen LogP contribution in [0.2, 0.25) is 0 Å². The summed E-state index contributed by atoms with van der Waals surface area (Å²) in [5.41, 5.74) is -2.39. The fraction of sp³-hybridized carbons (Fsp3) is 0.462. The lowest BCUT2D eigenvalue weighted by atomic mass is 9.93. The number of phosphoric acid groups is 3. The Morgan fingerprint density at radius 3 is 2.42 bits per heavy atom. The average molecular weight is 501 g/mol. The molecule has 1 fully saturated rings. The Labute approximate surface area is 174 Å². The third kappa shape index (κ3) is 6.04. The summed E-state index contributed by atoms with van der Waals surface area (Å²) in [4.78, 5) is 55.0. The summed E-state index contributed by atoms with van der Waals surface area (Å²) in [6.07, 6.45) is -0.371. The molecular formula is C13H18N3O12P3. The van der Waals surface area contributed by atoms with Crippen LogP contribution >= 0.6 is 23.5 Å². The van der Waals surface area contributed by atoms with Crippen molar-refractivity contribution in [2.75, 3.05) is 6.61 Å². The largest absolute Gasteiger partial charge is 0.490 e. The molecule has 31 heavy (non-hydrogen) atoms. The zero-order chi connectivity index (χ0) is 23.8. The van der Waals surface area contributed by atoms with Crippen molar-refractivity contribution >= 4 is 23.5 Å². The molecule has 0 aliphatic heterocycles. The normalized spacial score (nSPS) is 28.0. The second-order valence-electron chi connectivity index (χ2n) is 6.45. The van der Waals surface area contributed by atoms with Gasteiger partial charge in [-0.1, -0.05) is 6.58 Å². The molecule has 2 unspecified atom stereocenters. The lowest BCUT2D eigenvalue weighted by Crippen LogP contribution is -2.40. The van der Waals surface area contributed by atoms with Crippen molar-refractivity contribution in [2.45, 2.75) is 31.0 Å². The number of phosphoric ester groups is 1. The highest BCUT2D eigenvalue weighted by Crippen LogP contribution is 2.66. The Bertz CT molecular complexity index is 1120. The van der Waals surface area contributed by atoms with Gasteiger partial charge in [-0.15, -0.1) is 0 Å². The van der Waals surface area contributed by atoms with Crippen LogP contribution in [-0.2, 0) is 26.8 Å². The Hall–Kier alpha value is -1.52. The van der Waals surface area contributed by atoms with E-state index in [2.05, 4.69) is 29.6 Å². The molecule has 5 N–H and O–H groups in total. The van der Waals surface area contributed by atoms with Gasteiger partial charge in [0.15, 0.2) is 0 Å². The molecule has 1 heterocycles. The summed E-state index contributed by atoms with van der Waals surface area (Å²) in [5.74, 6) is 0. The van der Waals surface area contributed by atoms with Crippen molar-refractivity contribution in [3.05, 3.63) is 52.0 Å². The highest BCUT2D eigenvalue weighted by molar-refractivity contribution is 7.66. The standard InChI is InChI=1S/C13H18N3O12P3/c1-8-4-5-16(12(18)15-8)10-6-11(17)13(14-3,9(10)2)7-26-30(22,23)28-31(24,25)27-29(19,20)21/h4-5,10-11,17H,2,6-7H2,1H3,(H,22,23)(H,24,25)(H2,19,20,21)/t10-,11-,13+/m0/s1. The Balaban J connectivity index is 2.24. The van der Waals surface area contributed by atoms with Gasteiger partial charge in [-0.25, -0.2) is 25.1 Å². The first-order valence-electron chi connectivity index (χ1n) is 8.12. The predicted octanol–water partition coefficient (Wildman–Crippen LogP) is 0.415. The molecule has 1 aliphatic rings. The minimum absolute atomic E-state index is 0.0681. The molecule has 1 aromatic rings. The lowest BCUT2D eigenvalue weighted by Gasteiger charge is -2.23. The molecule has 15 nitrogen and oxygen atoms in total. The van der Waals surface area contributed by atoms with Crippen molar-refractivity contribution in [3.8, 4) is 0 Å². The van der Waals surface area contributed by atoms with Crippen LogP contribution in [0.25, 0.3) is 4.85 Å². The van der Waals surface area contributed by atoms with E-state index in [0.717, 1.165) is 4.57 Å². The number of nitrogens with zero attached hydrogens (tertiary/aromatic N) is 3. The number of hydrogen-bond donors (Lipinski definition) is 5. The van der Waals surface area contributed by atoms with Crippen LogP contribution in [0.1, 0.15) is 18.2 Å². The summed E-state index contributed by atoms with van der Waals surface area (Å²) in [6.45, 7) is 11.6. The fourth-order valence-electron chi connectivity index (χ4n) is 2.92. The predicted molar refractivity (Wildman–Crippen MR) is 101 cm³/mol. The Kier molecular flexibility index (Phi) is 7.29. The molecule has 1 aliphatic carbocycles. The molecule has 2 rings (SSSR count). The van der Waals surface area contributed by atoms with Crippen molar-refractivity contribution < 1.29 is 51.5 Å². The second kappa shape index (κ2) is 8.78. The number of hydrogen-bond acceptors (Lipinski definition) is 9. The second-order valence-corrected chi connectivity index (χ2v) is 10.9. The van der Waals surface area contributed by atoms with Gasteiger partial charge in [0.25, 0.3) is 0 Å². The van der Waals surface area contributed by atoms with E-state index in [4.69, 9.17) is 16.4 Å². The Morgan fingerprint density at radius 1 is 1.29 bits per heavy atom. The quantitative estimate of drug-likeness (QED) is 0.185. The van der Waals surface area contributed by atoms with E-state index >= 15 is 0 Å². The molecule has 0 radical (unpaired) electrons. The molecule has 18 heteroatoms. The third-order valence-electron chi connectivity index (χ3n) is 4.32. The van der Waals surface area contributed by atoms with E-state index in [1.54, 1.807) is 6.92 Å². The van der Waals surface area contributed by atoms with Gasteiger partial charge in [0, 0.05) is 23.9 Å². The minimum atomic E-state index is -5.75. The molecule has 0 aromatic carbocycles. The van der Waals surface area contributed by atoms with Crippen molar-refractivity contribution in [3.63, 3.8) is 0 Å². The van der Waals surface area contributed by atoms with Crippen LogP contribution in [0.5, 0.6) is 0 Å². The van der Waals surface area contributed by atoms with Gasteiger partial charge >= 0.3 is 34.7 Å². The van der Waals surface area contributed by atoms with Gasteiger partial charge in [0.2, 0.25) is 0 Å². The summed E-state index contributed by atoms with van der Waals surface area (Å²) in [7, 11) is -16.8. The molecule has 172 valence electrons. The van der Waals surface area contributed by atoms with E-state index in [1.165, 1.54) is 12.3 Å². The molecule has 0 bridgehead atoms. The van der Waals surface area contributed by atoms with Crippen molar-refractivity contribution in [1.29, 1.82) is 0 Å². The van der Waals surface area contributed by atoms with Crippen LogP contribution in [0.4, 0.5) is 0 Å². The number of aryl methyl sites for hydroxylation is 1. The van der Waals surface area contributed by atoms with Crippen LogP contribution < -0.4 is 5.69 Å². The van der Waals surface area contributed by atoms with Gasteiger partial charge in [-0.05, 0) is 13.0 Å². The van der Waals surface area contributed by atoms with E-state index in [1.807, 2.05) is 0 Å². The highest BCUT2D eigenvalue weighted by Gasteiger charge is 2.59. The maximum atomic E-state index is 12.1. The molecule has 0 amide bonds. The first-order chi connectivity index (χ1) is 14.0. The van der Waals surface area contributed by atoms with Gasteiger partial charge in [0.1, 0.15) is 12.7 Å². The monoisotopic (exact) mass is 501 g/mol. The summed E-state index contributed by atoms with van der Waals surface area (Å²) in [5, 5.41) is 10.4. The van der Waals surface area contributed by atoms with Gasteiger partial charge in [-0.2, -0.15) is 13.6 Å². The van der Waals surface area contributed by atoms with E-state index in [-0.39, 0.29) is 12.0 Å². The van der Waals surface area contributed by atoms with Crippen molar-refractivity contribution in [2.24, 2.45) is 0 Å². The zero-order valence-corrected chi connectivity index (χ0v) is 18.4. The Morgan fingerprint density at radius 2 is 1.90 bits per heavy atom. The van der Waals surface area contributed by atoms with Crippen LogP contribution in [0.15, 0.2) is 29.2 Å². The summed E-state index contributed by atoms with van der Waals surface area (Å²) < 4.78 is 46.8. The molecule has 5 atom stereocenters. The number of aliphatic hydroxyl groups is 1. The average Bonchev–Trinajstić information content (AvgIpc) is 2.81. The van der Waals surface area contributed by atoms with Crippen molar-refractivity contribution in [1.82, 2.24) is 9.55 Å². The highest BCUT2D eigenvalue weighted by atomic mass is 31.3. The number of aromatic nitrogens is 2. The fourth-order valence-corrected chi connectivity index (χ4v) is 5.97. The number of rotatable bonds is 8. The maximum absolute atomic E-state index is 12.1. The van der Waals surface area contributed by atoms with Gasteiger partial charge in [-0.3, -0.25) is 13.9 Å². The van der Waals surface area contributed by atoms with Gasteiger partial charge in [0.05, 0.1) is 6.04 Å².